The molecule has 3 aromatic rings. The topological polar surface area (TPSA) is 110 Å². The van der Waals surface area contributed by atoms with E-state index in [4.69, 9.17) is 5.73 Å². The molecular weight excluding hydrogens is 434 g/mol. The highest BCUT2D eigenvalue weighted by atomic mass is 32.2. The normalized spacial score (nSPS) is 14.4. The quantitative estimate of drug-likeness (QED) is 0.609. The largest absolute Gasteiger partial charge is 0.383 e. The molecule has 0 aliphatic carbocycles. The summed E-state index contributed by atoms with van der Waals surface area (Å²) in [5, 5.41) is 4.85. The Balaban J connectivity index is 1.56. The van der Waals surface area contributed by atoms with Crippen molar-refractivity contribution in [3.8, 4) is 0 Å². The van der Waals surface area contributed by atoms with Crippen LogP contribution in [0.25, 0.3) is 0 Å². The van der Waals surface area contributed by atoms with Crippen LogP contribution >= 0.6 is 11.3 Å². The Kier molecular flexibility index (Phi) is 5.63. The van der Waals surface area contributed by atoms with Crippen molar-refractivity contribution in [2.24, 2.45) is 7.05 Å². The molecule has 0 atom stereocenters. The van der Waals surface area contributed by atoms with Crippen LogP contribution < -0.4 is 11.1 Å². The van der Waals surface area contributed by atoms with Crippen molar-refractivity contribution in [2.75, 3.05) is 12.3 Å². The lowest BCUT2D eigenvalue weighted by Crippen LogP contribution is -2.35. The minimum atomic E-state index is -3.72. The number of nitrogens with zero attached hydrogens (tertiary/aromatic N) is 3. The molecule has 0 aromatic carbocycles. The maximum absolute atomic E-state index is 13.4. The highest BCUT2D eigenvalue weighted by Crippen LogP contribution is 2.30. The van der Waals surface area contributed by atoms with Gasteiger partial charge in [0.25, 0.3) is 5.91 Å². The number of aromatic nitrogens is 2. The predicted molar refractivity (Wildman–Crippen MR) is 120 cm³/mol. The second-order valence-electron chi connectivity index (χ2n) is 7.66. The summed E-state index contributed by atoms with van der Waals surface area (Å²) < 4.78 is 29.8. The van der Waals surface area contributed by atoms with Crippen LogP contribution in [0.4, 0.5) is 5.82 Å². The number of anilines is 1. The van der Waals surface area contributed by atoms with E-state index in [-0.39, 0.29) is 17.3 Å². The maximum Gasteiger partial charge on any atom is 0.268 e. The lowest BCUT2D eigenvalue weighted by atomic mass is 10.1. The van der Waals surface area contributed by atoms with Crippen molar-refractivity contribution >= 4 is 33.1 Å². The molecule has 0 radical (unpaired) electrons. The Hall–Kier alpha value is -2.69. The van der Waals surface area contributed by atoms with Crippen LogP contribution in [0.5, 0.6) is 0 Å². The van der Waals surface area contributed by atoms with E-state index in [1.165, 1.54) is 15.2 Å². The van der Waals surface area contributed by atoms with E-state index in [1.54, 1.807) is 42.1 Å². The Morgan fingerprint density at radius 2 is 2.10 bits per heavy atom. The fraction of sp³-hybridized carbons (Fsp3) is 0.333. The summed E-state index contributed by atoms with van der Waals surface area (Å²) in [6, 6.07) is 5.25. The van der Waals surface area contributed by atoms with Crippen molar-refractivity contribution in [1.82, 2.24) is 19.2 Å². The molecule has 1 aliphatic rings. The summed E-state index contributed by atoms with van der Waals surface area (Å²) in [5.41, 5.74) is 9.38. The summed E-state index contributed by atoms with van der Waals surface area (Å²) in [4.78, 5) is 18.3. The van der Waals surface area contributed by atoms with E-state index >= 15 is 0 Å². The van der Waals surface area contributed by atoms with Crippen LogP contribution in [0.1, 0.15) is 37.7 Å². The first-order valence-corrected chi connectivity index (χ1v) is 12.2. The molecule has 31 heavy (non-hydrogen) atoms. The van der Waals surface area contributed by atoms with Crippen LogP contribution in [-0.2, 0) is 36.6 Å². The van der Waals surface area contributed by atoms with Gasteiger partial charge in [0.2, 0.25) is 10.0 Å². The second-order valence-corrected chi connectivity index (χ2v) is 10.6. The molecular formula is C21H25N5O3S2. The van der Waals surface area contributed by atoms with E-state index in [1.807, 2.05) is 18.4 Å². The number of hydrogen-bond acceptors (Lipinski definition) is 6. The summed E-state index contributed by atoms with van der Waals surface area (Å²) in [6.45, 7) is 4.64. The molecule has 8 nitrogen and oxygen atoms in total. The Labute approximate surface area is 185 Å². The maximum atomic E-state index is 13.4. The van der Waals surface area contributed by atoms with Gasteiger partial charge in [0.05, 0.1) is 0 Å². The number of thiophene rings is 1. The Bertz CT molecular complexity index is 1260. The predicted octanol–water partition coefficient (Wildman–Crippen LogP) is 2.36. The van der Waals surface area contributed by atoms with Gasteiger partial charge in [-0.25, -0.2) is 13.4 Å². The number of nitrogens with one attached hydrogen (secondary N) is 1. The van der Waals surface area contributed by atoms with Gasteiger partial charge in [0, 0.05) is 43.4 Å². The number of carbonyl (C=O) groups excluding carboxylic acids is 1. The first-order valence-electron chi connectivity index (χ1n) is 9.90. The average molecular weight is 460 g/mol. The molecule has 4 rings (SSSR count). The Morgan fingerprint density at radius 1 is 1.32 bits per heavy atom. The highest BCUT2D eigenvalue weighted by molar-refractivity contribution is 7.89. The number of rotatable bonds is 5. The van der Waals surface area contributed by atoms with Gasteiger partial charge < -0.3 is 15.6 Å². The Morgan fingerprint density at radius 3 is 2.87 bits per heavy atom. The van der Waals surface area contributed by atoms with Crippen molar-refractivity contribution in [2.45, 2.75) is 38.3 Å². The molecule has 0 saturated carbocycles. The van der Waals surface area contributed by atoms with Crippen LogP contribution in [0.3, 0.4) is 0 Å². The zero-order chi connectivity index (χ0) is 22.3. The first kappa shape index (κ1) is 21.5. The standard InChI is InChI=1S/C21H25N5O3S2/c1-13-15(4-7-23-20(13)22)11-24-21(27)17-10-19(14(2)25(17)3)31(28,29)26-8-5-18-16(12-26)6-9-30-18/h4,6-7,9-10H,5,8,11-12H2,1-3H3,(H2,22,23)(H,24,27). The van der Waals surface area contributed by atoms with Gasteiger partial charge >= 0.3 is 0 Å². The molecule has 0 bridgehead atoms. The number of nitrogens with two attached hydrogens (primary N) is 1. The number of hydrogen-bond donors (Lipinski definition) is 2. The molecule has 0 unspecified atom stereocenters. The van der Waals surface area contributed by atoms with E-state index in [0.29, 0.717) is 36.7 Å². The number of fused-ring (bicyclic) bond motifs is 1. The minimum absolute atomic E-state index is 0.170. The van der Waals surface area contributed by atoms with Gasteiger partial charge in [-0.05, 0) is 60.5 Å². The van der Waals surface area contributed by atoms with Gasteiger partial charge in [-0.2, -0.15) is 4.31 Å². The van der Waals surface area contributed by atoms with Gasteiger partial charge in [-0.15, -0.1) is 11.3 Å². The average Bonchev–Trinajstić information content (AvgIpc) is 3.33. The summed E-state index contributed by atoms with van der Waals surface area (Å²) in [7, 11) is -2.02. The zero-order valence-electron chi connectivity index (χ0n) is 17.7. The summed E-state index contributed by atoms with van der Waals surface area (Å²) in [5.74, 6) is 0.0748. The molecule has 3 aromatic heterocycles. The number of sulfonamides is 1. The molecule has 10 heteroatoms. The number of carbonyl (C=O) groups is 1. The smallest absolute Gasteiger partial charge is 0.268 e. The SMILES string of the molecule is Cc1c(CNC(=O)c2cc(S(=O)(=O)N3CCc4sccc4C3)c(C)n2C)ccnc1N. The van der Waals surface area contributed by atoms with Crippen LogP contribution in [0, 0.1) is 13.8 Å². The molecule has 1 amide bonds. The fourth-order valence-corrected chi connectivity index (χ4v) is 6.35. The van der Waals surface area contributed by atoms with Gasteiger partial charge in [-0.3, -0.25) is 4.79 Å². The van der Waals surface area contributed by atoms with Crippen molar-refractivity contribution < 1.29 is 13.2 Å². The highest BCUT2D eigenvalue weighted by Gasteiger charge is 2.32. The second kappa shape index (κ2) is 8.10. The van der Waals surface area contributed by atoms with Crippen LogP contribution in [-0.4, -0.2) is 34.7 Å². The van der Waals surface area contributed by atoms with Gasteiger partial charge in [-0.1, -0.05) is 0 Å². The third-order valence-corrected chi connectivity index (χ3v) is 8.89. The summed E-state index contributed by atoms with van der Waals surface area (Å²) >= 11 is 1.66. The third kappa shape index (κ3) is 3.86. The fourth-order valence-electron chi connectivity index (χ4n) is 3.77. The van der Waals surface area contributed by atoms with Crippen molar-refractivity contribution in [3.05, 3.63) is 62.7 Å². The molecule has 0 spiro atoms. The van der Waals surface area contributed by atoms with Gasteiger partial charge in [0.1, 0.15) is 16.4 Å². The third-order valence-electron chi connectivity index (χ3n) is 5.91. The van der Waals surface area contributed by atoms with E-state index < -0.39 is 10.0 Å². The molecule has 4 heterocycles. The van der Waals surface area contributed by atoms with E-state index in [2.05, 4.69) is 10.3 Å². The number of pyridine rings is 1. The zero-order valence-corrected chi connectivity index (χ0v) is 19.3. The van der Waals surface area contributed by atoms with Crippen LogP contribution in [0.2, 0.25) is 0 Å². The number of amides is 1. The minimum Gasteiger partial charge on any atom is -0.383 e. The monoisotopic (exact) mass is 459 g/mol. The molecule has 3 N–H and O–H groups in total. The number of nitrogen functional groups attached to an aromatic ring is 1. The molecule has 164 valence electrons. The van der Waals surface area contributed by atoms with E-state index in [9.17, 15) is 13.2 Å². The lowest BCUT2D eigenvalue weighted by Gasteiger charge is -2.26. The van der Waals surface area contributed by atoms with E-state index in [0.717, 1.165) is 16.7 Å². The molecule has 1 aliphatic heterocycles. The summed E-state index contributed by atoms with van der Waals surface area (Å²) in [6.07, 6.45) is 2.30. The van der Waals surface area contributed by atoms with Gasteiger partial charge in [0.15, 0.2) is 0 Å². The molecule has 0 saturated heterocycles. The lowest BCUT2D eigenvalue weighted by molar-refractivity contribution is 0.0942. The van der Waals surface area contributed by atoms with Crippen molar-refractivity contribution in [3.63, 3.8) is 0 Å². The molecule has 0 fully saturated rings. The first-order chi connectivity index (χ1) is 14.7. The van der Waals surface area contributed by atoms with Crippen LogP contribution in [0.15, 0.2) is 34.7 Å². The van der Waals surface area contributed by atoms with Crippen molar-refractivity contribution in [1.29, 1.82) is 0 Å².